The molecule has 1 heterocycles. The second-order valence-corrected chi connectivity index (χ2v) is 8.25. The smallest absolute Gasteiger partial charge is 0.350 e. The molecule has 0 aliphatic carbocycles. The lowest BCUT2D eigenvalue weighted by atomic mass is 9.98. The summed E-state index contributed by atoms with van der Waals surface area (Å²) in [5.74, 6) is -0.180. The number of halogens is 3. The fourth-order valence-electron chi connectivity index (χ4n) is 3.54. The minimum Gasteiger partial charge on any atom is -0.350 e. The van der Waals surface area contributed by atoms with Crippen LogP contribution in [-0.4, -0.2) is 16.9 Å². The van der Waals surface area contributed by atoms with E-state index in [1.165, 1.54) is 23.8 Å². The van der Waals surface area contributed by atoms with Gasteiger partial charge in [-0.2, -0.15) is 13.2 Å². The van der Waals surface area contributed by atoms with Gasteiger partial charge in [0.25, 0.3) is 0 Å². The van der Waals surface area contributed by atoms with Gasteiger partial charge in [0.15, 0.2) is 0 Å². The van der Waals surface area contributed by atoms with E-state index in [2.05, 4.69) is 17.2 Å². The summed E-state index contributed by atoms with van der Waals surface area (Å²) in [6.07, 6.45) is 10.7. The molecule has 0 unspecified atom stereocenters. The monoisotopic (exact) mass is 458 g/mol. The number of nitrogens with one attached hydrogen (secondary N) is 1. The van der Waals surface area contributed by atoms with E-state index in [-0.39, 0.29) is 11.9 Å². The lowest BCUT2D eigenvalue weighted by Crippen LogP contribution is -2.31. The second kappa shape index (κ2) is 13.6. The van der Waals surface area contributed by atoms with E-state index in [0.29, 0.717) is 0 Å². The van der Waals surface area contributed by atoms with Gasteiger partial charge in [0, 0.05) is 24.5 Å². The number of hydrogen-bond donors (Lipinski definition) is 1. The van der Waals surface area contributed by atoms with Crippen LogP contribution in [0.25, 0.3) is 5.57 Å². The zero-order valence-electron chi connectivity index (χ0n) is 19.4. The molecular weight excluding hydrogens is 425 g/mol. The Morgan fingerprint density at radius 2 is 1.88 bits per heavy atom. The van der Waals surface area contributed by atoms with Crippen molar-refractivity contribution >= 4 is 11.5 Å². The number of amides is 1. The molecule has 1 aromatic heterocycles. The topological polar surface area (TPSA) is 42.0 Å². The number of unbranched alkanes of at least 4 members (excludes halogenated alkanes) is 2. The molecule has 0 saturated carbocycles. The lowest BCUT2D eigenvalue weighted by molar-refractivity contribution is -0.137. The number of aromatic nitrogens is 1. The Hall–Kier alpha value is -2.89. The molecule has 1 aromatic carbocycles. The Morgan fingerprint density at radius 1 is 1.12 bits per heavy atom. The molecule has 2 rings (SSSR count). The predicted octanol–water partition coefficient (Wildman–Crippen LogP) is 7.15. The highest BCUT2D eigenvalue weighted by Gasteiger charge is 2.30. The van der Waals surface area contributed by atoms with E-state index in [1.54, 1.807) is 12.3 Å². The number of carbonyl (C=O) groups excluding carboxylic acids is 1. The largest absolute Gasteiger partial charge is 0.416 e. The minimum atomic E-state index is -4.35. The first kappa shape index (κ1) is 26.4. The van der Waals surface area contributed by atoms with Gasteiger partial charge in [-0.15, -0.1) is 0 Å². The van der Waals surface area contributed by atoms with Gasteiger partial charge in [0.05, 0.1) is 5.56 Å². The third-order valence-electron chi connectivity index (χ3n) is 5.39. The van der Waals surface area contributed by atoms with Crippen LogP contribution in [0.3, 0.4) is 0 Å². The number of pyridine rings is 1. The number of aryl methyl sites for hydroxylation is 1. The number of alkyl halides is 3. The Balaban J connectivity index is 1.92. The molecule has 0 radical (unpaired) electrons. The molecule has 1 amide bonds. The summed E-state index contributed by atoms with van der Waals surface area (Å²) in [6.45, 7) is 4.08. The normalized spacial score (nSPS) is 13.3. The van der Waals surface area contributed by atoms with Gasteiger partial charge < -0.3 is 5.32 Å². The molecule has 0 spiro atoms. The van der Waals surface area contributed by atoms with E-state index in [4.69, 9.17) is 0 Å². The van der Waals surface area contributed by atoms with E-state index in [0.717, 1.165) is 68.2 Å². The summed E-state index contributed by atoms with van der Waals surface area (Å²) in [6, 6.07) is 9.21. The molecule has 0 aliphatic rings. The molecule has 1 atom stereocenters. The van der Waals surface area contributed by atoms with Gasteiger partial charge in [-0.25, -0.2) is 0 Å². The van der Waals surface area contributed by atoms with Crippen molar-refractivity contribution in [3.05, 3.63) is 83.7 Å². The SMILES string of the molecule is CCCCC/C(=C\C=C\C(=O)N[C@H](C)CCCc1cccnc1)c1ccc(C(F)(F)F)cc1. The van der Waals surface area contributed by atoms with Crippen LogP contribution in [0, 0.1) is 0 Å². The maximum absolute atomic E-state index is 12.9. The van der Waals surface area contributed by atoms with Crippen molar-refractivity contribution < 1.29 is 18.0 Å². The Bertz CT molecular complexity index is 903. The van der Waals surface area contributed by atoms with Crippen LogP contribution in [0.4, 0.5) is 13.2 Å². The van der Waals surface area contributed by atoms with E-state index < -0.39 is 11.7 Å². The fourth-order valence-corrected chi connectivity index (χ4v) is 3.54. The Morgan fingerprint density at radius 3 is 2.52 bits per heavy atom. The number of hydrogen-bond acceptors (Lipinski definition) is 2. The van der Waals surface area contributed by atoms with E-state index >= 15 is 0 Å². The number of carbonyl (C=O) groups is 1. The standard InChI is InChI=1S/C27H33F3N2O/c1-3-4-5-12-23(24-15-17-25(18-16-24)27(28,29)30)13-7-14-26(33)32-21(2)9-6-10-22-11-8-19-31-20-22/h7-8,11,13-21H,3-6,9-10,12H2,1-2H3,(H,32,33)/b14-7+,23-13+/t21-/m1/s1. The minimum absolute atomic E-state index is 0.0433. The zero-order valence-corrected chi connectivity index (χ0v) is 19.4. The summed E-state index contributed by atoms with van der Waals surface area (Å²) in [7, 11) is 0. The van der Waals surface area contributed by atoms with Crippen molar-refractivity contribution in [1.82, 2.24) is 10.3 Å². The number of allylic oxidation sites excluding steroid dienone is 3. The molecule has 3 nitrogen and oxygen atoms in total. The number of nitrogens with zero attached hydrogens (tertiary/aromatic N) is 1. The molecule has 33 heavy (non-hydrogen) atoms. The molecule has 0 bridgehead atoms. The molecule has 178 valence electrons. The molecule has 0 aliphatic heterocycles. The molecule has 2 aromatic rings. The predicted molar refractivity (Wildman–Crippen MR) is 127 cm³/mol. The Labute approximate surface area is 194 Å². The van der Waals surface area contributed by atoms with Crippen molar-refractivity contribution in [2.24, 2.45) is 0 Å². The molecule has 0 saturated heterocycles. The van der Waals surface area contributed by atoms with Crippen LogP contribution >= 0.6 is 0 Å². The Kier molecular flexibility index (Phi) is 10.9. The second-order valence-electron chi connectivity index (χ2n) is 8.25. The van der Waals surface area contributed by atoms with Gasteiger partial charge in [0.2, 0.25) is 5.91 Å². The van der Waals surface area contributed by atoms with E-state index in [9.17, 15) is 18.0 Å². The van der Waals surface area contributed by atoms with Crippen LogP contribution < -0.4 is 5.32 Å². The molecule has 0 fully saturated rings. The van der Waals surface area contributed by atoms with Crippen molar-refractivity contribution in [2.75, 3.05) is 0 Å². The van der Waals surface area contributed by atoms with E-state index in [1.807, 2.05) is 31.3 Å². The number of rotatable bonds is 12. The summed E-state index contributed by atoms with van der Waals surface area (Å²) in [5, 5.41) is 2.96. The van der Waals surface area contributed by atoms with Gasteiger partial charge in [-0.3, -0.25) is 9.78 Å². The number of benzene rings is 1. The van der Waals surface area contributed by atoms with Crippen LogP contribution in [0.5, 0.6) is 0 Å². The lowest BCUT2D eigenvalue weighted by Gasteiger charge is -2.12. The van der Waals surface area contributed by atoms with Crippen LogP contribution in [0.1, 0.15) is 69.1 Å². The first-order chi connectivity index (χ1) is 15.8. The van der Waals surface area contributed by atoms with Crippen molar-refractivity contribution in [3.8, 4) is 0 Å². The fraction of sp³-hybridized carbons (Fsp3) is 0.407. The van der Waals surface area contributed by atoms with Gasteiger partial charge >= 0.3 is 6.18 Å². The first-order valence-corrected chi connectivity index (χ1v) is 11.5. The van der Waals surface area contributed by atoms with Crippen LogP contribution in [0.2, 0.25) is 0 Å². The van der Waals surface area contributed by atoms with Crippen LogP contribution in [-0.2, 0) is 17.4 Å². The maximum Gasteiger partial charge on any atom is 0.416 e. The van der Waals surface area contributed by atoms with Crippen LogP contribution in [0.15, 0.2) is 67.0 Å². The summed E-state index contributed by atoms with van der Waals surface area (Å²) in [4.78, 5) is 16.4. The highest BCUT2D eigenvalue weighted by Crippen LogP contribution is 2.31. The molecule has 6 heteroatoms. The highest BCUT2D eigenvalue weighted by atomic mass is 19.4. The third-order valence-corrected chi connectivity index (χ3v) is 5.39. The van der Waals surface area contributed by atoms with Crippen molar-refractivity contribution in [1.29, 1.82) is 0 Å². The zero-order chi connectivity index (χ0) is 24.1. The third kappa shape index (κ3) is 10.1. The maximum atomic E-state index is 12.9. The van der Waals surface area contributed by atoms with Crippen molar-refractivity contribution in [2.45, 2.75) is 71.0 Å². The van der Waals surface area contributed by atoms with Gasteiger partial charge in [-0.1, -0.05) is 50.1 Å². The average molecular weight is 459 g/mol. The van der Waals surface area contributed by atoms with Gasteiger partial charge in [-0.05, 0) is 73.9 Å². The summed E-state index contributed by atoms with van der Waals surface area (Å²) < 4.78 is 38.6. The van der Waals surface area contributed by atoms with Gasteiger partial charge in [0.1, 0.15) is 0 Å². The molecule has 1 N–H and O–H groups in total. The van der Waals surface area contributed by atoms with Crippen molar-refractivity contribution in [3.63, 3.8) is 0 Å². The first-order valence-electron chi connectivity index (χ1n) is 11.5. The highest BCUT2D eigenvalue weighted by molar-refractivity contribution is 5.88. The summed E-state index contributed by atoms with van der Waals surface area (Å²) in [5.41, 5.74) is 2.19. The quantitative estimate of drug-likeness (QED) is 0.208. The summed E-state index contributed by atoms with van der Waals surface area (Å²) >= 11 is 0. The molecular formula is C27H33F3N2O. The average Bonchev–Trinajstić information content (AvgIpc) is 2.78.